The first kappa shape index (κ1) is 17.5. The molecule has 132 valence electrons. The first-order valence-electron chi connectivity index (χ1n) is 8.93. The van der Waals surface area contributed by atoms with E-state index in [1.165, 1.54) is 16.8 Å². The Morgan fingerprint density at radius 3 is 2.20 bits per heavy atom. The standard InChI is InChI=1S/C21H27N3O/c1-16-4-8-19(9-5-16)22-21(25)15-23-12-13-24(18(3)14-23)20-10-6-17(2)7-11-20/h4-11,18H,12-15H2,1-3H3,(H,22,25). The summed E-state index contributed by atoms with van der Waals surface area (Å²) >= 11 is 0. The number of aryl methyl sites for hydroxylation is 2. The minimum Gasteiger partial charge on any atom is -0.366 e. The van der Waals surface area contributed by atoms with E-state index in [4.69, 9.17) is 0 Å². The molecule has 1 saturated heterocycles. The first-order chi connectivity index (χ1) is 12.0. The van der Waals surface area contributed by atoms with Crippen molar-refractivity contribution in [1.29, 1.82) is 0 Å². The van der Waals surface area contributed by atoms with Crippen molar-refractivity contribution < 1.29 is 4.79 Å². The van der Waals surface area contributed by atoms with Crippen molar-refractivity contribution in [1.82, 2.24) is 4.90 Å². The zero-order valence-corrected chi connectivity index (χ0v) is 15.3. The van der Waals surface area contributed by atoms with Gasteiger partial charge in [0, 0.05) is 37.1 Å². The smallest absolute Gasteiger partial charge is 0.238 e. The molecule has 0 spiro atoms. The maximum absolute atomic E-state index is 12.3. The molecule has 3 rings (SSSR count). The average Bonchev–Trinajstić information content (AvgIpc) is 2.58. The fourth-order valence-corrected chi connectivity index (χ4v) is 3.34. The molecule has 0 aliphatic carbocycles. The highest BCUT2D eigenvalue weighted by Crippen LogP contribution is 2.21. The van der Waals surface area contributed by atoms with Crippen molar-refractivity contribution in [3.05, 3.63) is 59.7 Å². The molecular formula is C21H27N3O. The molecule has 1 heterocycles. The fraction of sp³-hybridized carbons (Fsp3) is 0.381. The van der Waals surface area contributed by atoms with Crippen LogP contribution in [0.25, 0.3) is 0 Å². The van der Waals surface area contributed by atoms with Crippen LogP contribution < -0.4 is 10.2 Å². The molecule has 2 aromatic carbocycles. The van der Waals surface area contributed by atoms with Gasteiger partial charge in [-0.15, -0.1) is 0 Å². The highest BCUT2D eigenvalue weighted by molar-refractivity contribution is 5.92. The minimum absolute atomic E-state index is 0.0554. The van der Waals surface area contributed by atoms with Crippen molar-refractivity contribution in [3.8, 4) is 0 Å². The number of piperazine rings is 1. The summed E-state index contributed by atoms with van der Waals surface area (Å²) in [5.74, 6) is 0.0554. The third kappa shape index (κ3) is 4.60. The summed E-state index contributed by atoms with van der Waals surface area (Å²) < 4.78 is 0. The summed E-state index contributed by atoms with van der Waals surface area (Å²) in [5.41, 5.74) is 4.60. The Bertz CT molecular complexity index is 709. The normalized spacial score (nSPS) is 18.2. The molecule has 1 fully saturated rings. The number of carbonyl (C=O) groups is 1. The van der Waals surface area contributed by atoms with Gasteiger partial charge in [0.15, 0.2) is 0 Å². The molecule has 1 atom stereocenters. The molecule has 4 heteroatoms. The van der Waals surface area contributed by atoms with Gasteiger partial charge in [0.25, 0.3) is 0 Å². The predicted molar refractivity (Wildman–Crippen MR) is 104 cm³/mol. The molecule has 0 aromatic heterocycles. The van der Waals surface area contributed by atoms with Gasteiger partial charge >= 0.3 is 0 Å². The van der Waals surface area contributed by atoms with Gasteiger partial charge in [-0.1, -0.05) is 35.4 Å². The zero-order chi connectivity index (χ0) is 17.8. The summed E-state index contributed by atoms with van der Waals surface area (Å²) in [6.07, 6.45) is 0. The third-order valence-electron chi connectivity index (χ3n) is 4.78. The molecule has 1 aliphatic rings. The maximum atomic E-state index is 12.3. The molecule has 0 saturated carbocycles. The number of benzene rings is 2. The van der Waals surface area contributed by atoms with Crippen molar-refractivity contribution in [2.24, 2.45) is 0 Å². The van der Waals surface area contributed by atoms with Crippen LogP contribution in [-0.4, -0.2) is 43.0 Å². The van der Waals surface area contributed by atoms with E-state index in [1.54, 1.807) is 0 Å². The lowest BCUT2D eigenvalue weighted by molar-refractivity contribution is -0.117. The average molecular weight is 337 g/mol. The van der Waals surface area contributed by atoms with E-state index in [0.29, 0.717) is 12.6 Å². The topological polar surface area (TPSA) is 35.6 Å². The van der Waals surface area contributed by atoms with Crippen molar-refractivity contribution in [2.75, 3.05) is 36.4 Å². The summed E-state index contributed by atoms with van der Waals surface area (Å²) in [6.45, 7) is 9.57. The molecule has 4 nitrogen and oxygen atoms in total. The van der Waals surface area contributed by atoms with Gasteiger partial charge in [-0.05, 0) is 45.0 Å². The second-order valence-corrected chi connectivity index (χ2v) is 7.03. The molecule has 1 amide bonds. The van der Waals surface area contributed by atoms with E-state index in [2.05, 4.69) is 53.2 Å². The molecule has 2 aromatic rings. The highest BCUT2D eigenvalue weighted by Gasteiger charge is 2.25. The number of amides is 1. The number of rotatable bonds is 4. The molecule has 0 bridgehead atoms. The van der Waals surface area contributed by atoms with Gasteiger partial charge in [-0.3, -0.25) is 9.69 Å². The summed E-state index contributed by atoms with van der Waals surface area (Å²) in [5, 5.41) is 2.99. The van der Waals surface area contributed by atoms with Gasteiger partial charge in [0.05, 0.1) is 6.54 Å². The first-order valence-corrected chi connectivity index (χ1v) is 8.93. The van der Waals surface area contributed by atoms with E-state index in [9.17, 15) is 4.79 Å². The van der Waals surface area contributed by atoms with Crippen LogP contribution in [0, 0.1) is 13.8 Å². The summed E-state index contributed by atoms with van der Waals surface area (Å²) in [6, 6.07) is 17.0. The lowest BCUT2D eigenvalue weighted by Gasteiger charge is -2.41. The van der Waals surface area contributed by atoms with Crippen molar-refractivity contribution >= 4 is 17.3 Å². The SMILES string of the molecule is Cc1ccc(NC(=O)CN2CCN(c3ccc(C)cc3)C(C)C2)cc1. The molecule has 1 N–H and O–H groups in total. The van der Waals surface area contributed by atoms with Gasteiger partial charge in [-0.2, -0.15) is 0 Å². The summed E-state index contributed by atoms with van der Waals surface area (Å²) in [7, 11) is 0. The second-order valence-electron chi connectivity index (χ2n) is 7.03. The van der Waals surface area contributed by atoms with Crippen LogP contribution in [0.15, 0.2) is 48.5 Å². The number of anilines is 2. The third-order valence-corrected chi connectivity index (χ3v) is 4.78. The number of hydrogen-bond acceptors (Lipinski definition) is 3. The van der Waals surface area contributed by atoms with Crippen LogP contribution in [0.5, 0.6) is 0 Å². The number of nitrogens with one attached hydrogen (secondary N) is 1. The fourth-order valence-electron chi connectivity index (χ4n) is 3.34. The number of hydrogen-bond donors (Lipinski definition) is 1. The van der Waals surface area contributed by atoms with Crippen LogP contribution in [0.1, 0.15) is 18.1 Å². The molecule has 0 radical (unpaired) electrons. The zero-order valence-electron chi connectivity index (χ0n) is 15.3. The Balaban J connectivity index is 1.53. The molecule has 25 heavy (non-hydrogen) atoms. The van der Waals surface area contributed by atoms with Crippen LogP contribution in [0.2, 0.25) is 0 Å². The lowest BCUT2D eigenvalue weighted by Crippen LogP contribution is -2.53. The van der Waals surface area contributed by atoms with Crippen LogP contribution in [0.4, 0.5) is 11.4 Å². The maximum Gasteiger partial charge on any atom is 0.238 e. The van der Waals surface area contributed by atoms with E-state index in [0.717, 1.165) is 25.3 Å². The molecule has 1 aliphatic heterocycles. The van der Waals surface area contributed by atoms with E-state index in [1.807, 2.05) is 31.2 Å². The van der Waals surface area contributed by atoms with E-state index >= 15 is 0 Å². The van der Waals surface area contributed by atoms with Gasteiger partial charge in [0.2, 0.25) is 5.91 Å². The van der Waals surface area contributed by atoms with Crippen LogP contribution >= 0.6 is 0 Å². The Hall–Kier alpha value is -2.33. The quantitative estimate of drug-likeness (QED) is 0.928. The Morgan fingerprint density at radius 1 is 1.00 bits per heavy atom. The molecular weight excluding hydrogens is 310 g/mol. The Labute approximate surface area is 150 Å². The minimum atomic E-state index is 0.0554. The van der Waals surface area contributed by atoms with Gasteiger partial charge in [0.1, 0.15) is 0 Å². The van der Waals surface area contributed by atoms with Crippen LogP contribution in [-0.2, 0) is 4.79 Å². The monoisotopic (exact) mass is 337 g/mol. The Morgan fingerprint density at radius 2 is 1.60 bits per heavy atom. The van der Waals surface area contributed by atoms with Gasteiger partial charge in [-0.25, -0.2) is 0 Å². The lowest BCUT2D eigenvalue weighted by atomic mass is 10.1. The highest BCUT2D eigenvalue weighted by atomic mass is 16.2. The molecule has 1 unspecified atom stereocenters. The number of nitrogens with zero attached hydrogens (tertiary/aromatic N) is 2. The summed E-state index contributed by atoms with van der Waals surface area (Å²) in [4.78, 5) is 17.0. The van der Waals surface area contributed by atoms with Gasteiger partial charge < -0.3 is 10.2 Å². The predicted octanol–water partition coefficient (Wildman–Crippen LogP) is 3.45. The van der Waals surface area contributed by atoms with Crippen molar-refractivity contribution in [3.63, 3.8) is 0 Å². The van der Waals surface area contributed by atoms with Crippen LogP contribution in [0.3, 0.4) is 0 Å². The Kier molecular flexibility index (Phi) is 5.39. The van der Waals surface area contributed by atoms with Crippen molar-refractivity contribution in [2.45, 2.75) is 26.8 Å². The largest absolute Gasteiger partial charge is 0.366 e. The number of carbonyl (C=O) groups excluding carboxylic acids is 1. The van der Waals surface area contributed by atoms with E-state index in [-0.39, 0.29) is 5.91 Å². The van der Waals surface area contributed by atoms with E-state index < -0.39 is 0 Å². The second kappa shape index (κ2) is 7.70.